The summed E-state index contributed by atoms with van der Waals surface area (Å²) in [4.78, 5) is 19.6. The van der Waals surface area contributed by atoms with E-state index in [4.69, 9.17) is 16.6 Å². The number of hydrogen-bond donors (Lipinski definition) is 1. The van der Waals surface area contributed by atoms with Crippen LogP contribution in [0.5, 0.6) is 0 Å². The Bertz CT molecular complexity index is 1400. The topological polar surface area (TPSA) is 41.5 Å². The molecule has 4 aromatic rings. The first kappa shape index (κ1) is 21.4. The molecule has 5 rings (SSSR count). The van der Waals surface area contributed by atoms with E-state index in [1.165, 1.54) is 6.07 Å². The Morgan fingerprint density at radius 3 is 2.48 bits per heavy atom. The van der Waals surface area contributed by atoms with Gasteiger partial charge in [-0.25, -0.2) is 9.38 Å². The monoisotopic (exact) mass is 472 g/mol. The molecule has 0 atom stereocenters. The van der Waals surface area contributed by atoms with Gasteiger partial charge in [-0.3, -0.25) is 4.79 Å². The Morgan fingerprint density at radius 1 is 0.879 bits per heavy atom. The van der Waals surface area contributed by atoms with Crippen LogP contribution in [0.25, 0.3) is 0 Å². The number of hydrogen-bond acceptors (Lipinski definition) is 3. The van der Waals surface area contributed by atoms with Crippen molar-refractivity contribution in [1.29, 1.82) is 0 Å². The Morgan fingerprint density at radius 2 is 1.67 bits per heavy atom. The zero-order valence-electron chi connectivity index (χ0n) is 17.4. The van der Waals surface area contributed by atoms with Gasteiger partial charge in [-0.2, -0.15) is 0 Å². The molecule has 0 radical (unpaired) electrons. The van der Waals surface area contributed by atoms with Crippen molar-refractivity contribution >= 4 is 40.7 Å². The fourth-order valence-corrected chi connectivity index (χ4v) is 4.89. The van der Waals surface area contributed by atoms with Crippen LogP contribution in [0.2, 0.25) is 5.02 Å². The number of halogens is 2. The Labute approximate surface area is 200 Å². The second-order valence-electron chi connectivity index (χ2n) is 7.53. The van der Waals surface area contributed by atoms with Crippen molar-refractivity contribution in [3.8, 4) is 0 Å². The van der Waals surface area contributed by atoms with Crippen molar-refractivity contribution < 1.29 is 9.18 Å². The van der Waals surface area contributed by atoms with Crippen LogP contribution >= 0.6 is 23.4 Å². The third-order valence-corrected chi connectivity index (χ3v) is 6.66. The van der Waals surface area contributed by atoms with Crippen LogP contribution in [-0.2, 0) is 6.54 Å². The molecular weight excluding hydrogens is 455 g/mol. The number of aliphatic imine (C=N–C) groups is 1. The molecule has 3 nitrogen and oxygen atoms in total. The smallest absolute Gasteiger partial charge is 0.251 e. The van der Waals surface area contributed by atoms with Crippen molar-refractivity contribution in [3.05, 3.63) is 124 Å². The highest BCUT2D eigenvalue weighted by Gasteiger charge is 2.21. The van der Waals surface area contributed by atoms with Gasteiger partial charge in [0.25, 0.3) is 5.91 Å². The fraction of sp³-hybridized carbons (Fsp3) is 0.0370. The highest BCUT2D eigenvalue weighted by molar-refractivity contribution is 7.99. The number of carbonyl (C=O) groups is 1. The molecule has 6 heteroatoms. The molecule has 0 bridgehead atoms. The Balaban J connectivity index is 1.51. The van der Waals surface area contributed by atoms with Gasteiger partial charge in [-0.05, 0) is 54.1 Å². The van der Waals surface area contributed by atoms with E-state index in [1.54, 1.807) is 48.2 Å². The van der Waals surface area contributed by atoms with Gasteiger partial charge >= 0.3 is 0 Å². The summed E-state index contributed by atoms with van der Waals surface area (Å²) < 4.78 is 14.7. The molecule has 1 amide bonds. The lowest BCUT2D eigenvalue weighted by molar-refractivity contribution is 0.0951. The molecule has 1 N–H and O–H groups in total. The van der Waals surface area contributed by atoms with Gasteiger partial charge in [-0.1, -0.05) is 65.8 Å². The number of nitrogens with zero attached hydrogens (tertiary/aromatic N) is 1. The molecule has 4 aromatic carbocycles. The predicted octanol–water partition coefficient (Wildman–Crippen LogP) is 7.04. The molecule has 1 heterocycles. The average molecular weight is 473 g/mol. The minimum absolute atomic E-state index is 0.216. The highest BCUT2D eigenvalue weighted by Crippen LogP contribution is 2.41. The molecule has 0 aromatic heterocycles. The summed E-state index contributed by atoms with van der Waals surface area (Å²) >= 11 is 7.59. The van der Waals surface area contributed by atoms with Crippen LogP contribution < -0.4 is 5.32 Å². The van der Waals surface area contributed by atoms with Crippen LogP contribution in [0.1, 0.15) is 27.0 Å². The summed E-state index contributed by atoms with van der Waals surface area (Å²) in [6.45, 7) is 0.362. The van der Waals surface area contributed by atoms with E-state index in [1.807, 2.05) is 48.5 Å². The second-order valence-corrected chi connectivity index (χ2v) is 9.05. The Hall–Kier alpha value is -3.41. The summed E-state index contributed by atoms with van der Waals surface area (Å²) in [5.41, 5.74) is 3.86. The van der Waals surface area contributed by atoms with E-state index in [2.05, 4.69) is 5.32 Å². The molecule has 0 saturated heterocycles. The molecule has 0 spiro atoms. The minimum Gasteiger partial charge on any atom is -0.348 e. The first-order chi connectivity index (χ1) is 16.1. The molecule has 0 unspecified atom stereocenters. The van der Waals surface area contributed by atoms with Crippen LogP contribution in [0.15, 0.2) is 106 Å². The average Bonchev–Trinajstić information content (AvgIpc) is 2.99. The molecular formula is C27H18ClFN2OS. The van der Waals surface area contributed by atoms with Crippen LogP contribution in [0.4, 0.5) is 10.1 Å². The number of carbonyl (C=O) groups excluding carboxylic acids is 1. The van der Waals surface area contributed by atoms with E-state index in [9.17, 15) is 9.18 Å². The third kappa shape index (κ3) is 4.56. The van der Waals surface area contributed by atoms with Gasteiger partial charge in [-0.15, -0.1) is 0 Å². The molecule has 33 heavy (non-hydrogen) atoms. The standard InChI is InChI=1S/C27H18ClFN2OS/c28-19-7-5-6-17(14-19)16-30-27(32)18-12-13-25-23(15-18)31-26(20-8-1-3-10-22(20)29)21-9-2-4-11-24(21)33-25/h1-15H,16H2,(H,30,32). The normalized spacial score (nSPS) is 12.2. The number of nitrogens with one attached hydrogen (secondary N) is 1. The van der Waals surface area contributed by atoms with Gasteiger partial charge in [0, 0.05) is 38.0 Å². The third-order valence-electron chi connectivity index (χ3n) is 5.29. The van der Waals surface area contributed by atoms with E-state index in [0.717, 1.165) is 20.9 Å². The lowest BCUT2D eigenvalue weighted by Crippen LogP contribution is -2.22. The molecule has 1 aliphatic heterocycles. The number of rotatable bonds is 4. The van der Waals surface area contributed by atoms with E-state index in [-0.39, 0.29) is 11.7 Å². The molecule has 0 fully saturated rings. The minimum atomic E-state index is -0.338. The van der Waals surface area contributed by atoms with Crippen LogP contribution in [0, 0.1) is 5.82 Å². The van der Waals surface area contributed by atoms with Crippen LogP contribution in [-0.4, -0.2) is 11.6 Å². The van der Waals surface area contributed by atoms with Crippen molar-refractivity contribution in [1.82, 2.24) is 5.32 Å². The second kappa shape index (κ2) is 9.22. The van der Waals surface area contributed by atoms with Crippen molar-refractivity contribution in [2.24, 2.45) is 4.99 Å². The summed E-state index contributed by atoms with van der Waals surface area (Å²) in [6.07, 6.45) is 0. The lowest BCUT2D eigenvalue weighted by atomic mass is 10.0. The van der Waals surface area contributed by atoms with Crippen molar-refractivity contribution in [2.75, 3.05) is 0 Å². The summed E-state index contributed by atoms with van der Waals surface area (Å²) in [5, 5.41) is 3.54. The predicted molar refractivity (Wildman–Crippen MR) is 131 cm³/mol. The Kier molecular flexibility index (Phi) is 5.99. The maximum Gasteiger partial charge on any atom is 0.251 e. The number of fused-ring (bicyclic) bond motifs is 2. The first-order valence-corrected chi connectivity index (χ1v) is 11.6. The van der Waals surface area contributed by atoms with Gasteiger partial charge in [0.15, 0.2) is 0 Å². The zero-order valence-corrected chi connectivity index (χ0v) is 19.0. The van der Waals surface area contributed by atoms with E-state index >= 15 is 0 Å². The largest absolute Gasteiger partial charge is 0.348 e. The van der Waals surface area contributed by atoms with Crippen LogP contribution in [0.3, 0.4) is 0 Å². The van der Waals surface area contributed by atoms with E-state index < -0.39 is 0 Å². The maximum atomic E-state index is 14.7. The molecule has 162 valence electrons. The van der Waals surface area contributed by atoms with Gasteiger partial charge in [0.1, 0.15) is 5.82 Å². The SMILES string of the molecule is O=C(NCc1cccc(Cl)c1)c1ccc2c(c1)N=C(c1ccccc1F)c1ccccc1S2. The zero-order chi connectivity index (χ0) is 22.8. The van der Waals surface area contributed by atoms with Crippen molar-refractivity contribution in [3.63, 3.8) is 0 Å². The van der Waals surface area contributed by atoms with Crippen molar-refractivity contribution in [2.45, 2.75) is 16.3 Å². The summed E-state index contributed by atoms with van der Waals surface area (Å²) in [6, 6.07) is 27.2. The lowest BCUT2D eigenvalue weighted by Gasteiger charge is -2.09. The number of amides is 1. The fourth-order valence-electron chi connectivity index (χ4n) is 3.67. The van der Waals surface area contributed by atoms with Gasteiger partial charge in [0.2, 0.25) is 0 Å². The maximum absolute atomic E-state index is 14.7. The summed E-state index contributed by atoms with van der Waals surface area (Å²) in [7, 11) is 0. The van der Waals surface area contributed by atoms with E-state index in [0.29, 0.717) is 34.1 Å². The number of benzene rings is 4. The highest BCUT2D eigenvalue weighted by atomic mass is 35.5. The molecule has 0 saturated carbocycles. The molecule has 1 aliphatic rings. The first-order valence-electron chi connectivity index (χ1n) is 10.4. The quantitative estimate of drug-likeness (QED) is 0.304. The van der Waals surface area contributed by atoms with Gasteiger partial charge < -0.3 is 5.32 Å². The summed E-state index contributed by atoms with van der Waals surface area (Å²) in [5.74, 6) is -0.554. The van der Waals surface area contributed by atoms with Gasteiger partial charge in [0.05, 0.1) is 11.4 Å². The molecule has 0 aliphatic carbocycles.